The van der Waals surface area contributed by atoms with Crippen LogP contribution in [0.5, 0.6) is 11.5 Å². The van der Waals surface area contributed by atoms with E-state index in [1.165, 1.54) is 12.1 Å². The van der Waals surface area contributed by atoms with Crippen LogP contribution in [0, 0.1) is 0 Å². The van der Waals surface area contributed by atoms with Crippen molar-refractivity contribution in [3.63, 3.8) is 0 Å². The number of ether oxygens (including phenoxy) is 2. The lowest BCUT2D eigenvalue weighted by atomic mass is 10.1. The molecule has 9 nitrogen and oxygen atoms in total. The molecule has 2 amide bonds. The predicted octanol–water partition coefficient (Wildman–Crippen LogP) is 3.30. The maximum absolute atomic E-state index is 12.7. The maximum Gasteiger partial charge on any atom is 0.303 e. The predicted molar refractivity (Wildman–Crippen MR) is 114 cm³/mol. The Balaban J connectivity index is 1.68. The summed E-state index contributed by atoms with van der Waals surface area (Å²) in [5.74, 6) is -0.693. The fourth-order valence-corrected chi connectivity index (χ4v) is 3.13. The largest absolute Gasteiger partial charge is 0.481 e. The molecule has 0 radical (unpaired) electrons. The summed E-state index contributed by atoms with van der Waals surface area (Å²) in [5.41, 5.74) is 0.665. The van der Waals surface area contributed by atoms with Gasteiger partial charge in [0.15, 0.2) is 21.9 Å². The minimum atomic E-state index is -0.842. The van der Waals surface area contributed by atoms with E-state index in [2.05, 4.69) is 26.6 Å². The van der Waals surface area contributed by atoms with Crippen molar-refractivity contribution in [3.05, 3.63) is 52.0 Å². The Hall–Kier alpha value is -3.27. The topological polar surface area (TPSA) is 127 Å². The highest BCUT2D eigenvalue weighted by Crippen LogP contribution is 2.33. The molecule has 0 unspecified atom stereocenters. The molecule has 164 valence electrons. The molecule has 0 saturated carbocycles. The van der Waals surface area contributed by atoms with Gasteiger partial charge in [-0.25, -0.2) is 0 Å². The summed E-state index contributed by atoms with van der Waals surface area (Å²) in [7, 11) is 0. The molecule has 0 aliphatic carbocycles. The van der Waals surface area contributed by atoms with E-state index in [1.54, 1.807) is 24.3 Å². The summed E-state index contributed by atoms with van der Waals surface area (Å²) in [6.45, 7) is 0.473. The summed E-state index contributed by atoms with van der Waals surface area (Å²) in [6, 6.07) is 8.22. The van der Waals surface area contributed by atoms with Gasteiger partial charge in [-0.05, 0) is 64.7 Å². The van der Waals surface area contributed by atoms with Gasteiger partial charge in [0.25, 0.3) is 11.8 Å². The number of amides is 2. The lowest BCUT2D eigenvalue weighted by Gasteiger charge is -2.10. The molecule has 0 saturated heterocycles. The fraction of sp³-hybridized carbons (Fsp3) is 0.286. The molecule has 2 aromatic rings. The van der Waals surface area contributed by atoms with Crippen LogP contribution in [-0.2, 0) is 9.59 Å². The number of carbonyl (C=O) groups is 3. The second-order valence-electron chi connectivity index (χ2n) is 6.69. The molecule has 2 heterocycles. The molecule has 0 fully saturated rings. The zero-order valence-electron chi connectivity index (χ0n) is 16.5. The van der Waals surface area contributed by atoms with Crippen LogP contribution in [0.15, 0.2) is 45.1 Å². The quantitative estimate of drug-likeness (QED) is 0.342. The second kappa shape index (κ2) is 10.7. The van der Waals surface area contributed by atoms with Crippen LogP contribution in [0.25, 0.3) is 6.08 Å². The van der Waals surface area contributed by atoms with Gasteiger partial charge in [0.1, 0.15) is 5.70 Å². The van der Waals surface area contributed by atoms with Crippen LogP contribution in [-0.4, -0.2) is 36.2 Å². The average molecular weight is 493 g/mol. The van der Waals surface area contributed by atoms with Gasteiger partial charge < -0.3 is 29.6 Å². The lowest BCUT2D eigenvalue weighted by molar-refractivity contribution is -0.137. The van der Waals surface area contributed by atoms with Crippen LogP contribution in [0.1, 0.15) is 41.8 Å². The zero-order chi connectivity index (χ0) is 22.2. The first-order valence-electron chi connectivity index (χ1n) is 9.60. The Kier molecular flexibility index (Phi) is 7.71. The van der Waals surface area contributed by atoms with Gasteiger partial charge in [-0.3, -0.25) is 14.4 Å². The molecular formula is C21H21BrN2O7. The van der Waals surface area contributed by atoms with Gasteiger partial charge in [-0.15, -0.1) is 0 Å². The number of carbonyl (C=O) groups excluding carboxylic acids is 2. The molecule has 1 aromatic carbocycles. The molecule has 1 aliphatic heterocycles. The fourth-order valence-electron chi connectivity index (χ4n) is 2.82. The monoisotopic (exact) mass is 492 g/mol. The van der Waals surface area contributed by atoms with E-state index >= 15 is 0 Å². The van der Waals surface area contributed by atoms with Gasteiger partial charge >= 0.3 is 5.97 Å². The van der Waals surface area contributed by atoms with Crippen molar-refractivity contribution in [2.75, 3.05) is 13.3 Å². The number of carboxylic acid groups (broad SMARTS) is 1. The number of nitrogens with one attached hydrogen (secondary N) is 2. The van der Waals surface area contributed by atoms with Gasteiger partial charge in [0.2, 0.25) is 6.79 Å². The summed E-state index contributed by atoms with van der Waals surface area (Å²) in [5, 5.41) is 14.0. The van der Waals surface area contributed by atoms with Gasteiger partial charge in [-0.1, -0.05) is 12.5 Å². The standard InChI is InChI=1S/C21H21BrN2O7/c22-18-8-7-16(31-18)21(28)24-14(20(27)23-9-3-1-2-4-19(25)26)10-13-5-6-15-17(11-13)30-12-29-15/h5-8,10-11H,1-4,9,12H2,(H,23,27)(H,24,28)(H,25,26)/b14-10-. The van der Waals surface area contributed by atoms with E-state index in [4.69, 9.17) is 19.0 Å². The molecule has 31 heavy (non-hydrogen) atoms. The number of hydrogen-bond acceptors (Lipinski definition) is 6. The van der Waals surface area contributed by atoms with Crippen molar-refractivity contribution >= 4 is 39.8 Å². The Morgan fingerprint density at radius 3 is 2.61 bits per heavy atom. The summed E-state index contributed by atoms with van der Waals surface area (Å²) < 4.78 is 16.3. The Morgan fingerprint density at radius 2 is 1.87 bits per heavy atom. The van der Waals surface area contributed by atoms with Gasteiger partial charge in [0, 0.05) is 13.0 Å². The third-order valence-electron chi connectivity index (χ3n) is 4.35. The van der Waals surface area contributed by atoms with Crippen LogP contribution >= 0.6 is 15.9 Å². The number of aliphatic carboxylic acids is 1. The molecule has 3 rings (SSSR count). The van der Waals surface area contributed by atoms with Gasteiger partial charge in [0.05, 0.1) is 0 Å². The van der Waals surface area contributed by atoms with Crippen molar-refractivity contribution in [3.8, 4) is 11.5 Å². The zero-order valence-corrected chi connectivity index (χ0v) is 18.1. The number of carboxylic acids is 1. The van der Waals surface area contributed by atoms with Crippen molar-refractivity contribution < 1.29 is 33.4 Å². The Bertz CT molecular complexity index is 999. The van der Waals surface area contributed by atoms with Crippen molar-refractivity contribution in [1.29, 1.82) is 0 Å². The summed E-state index contributed by atoms with van der Waals surface area (Å²) in [4.78, 5) is 35.7. The van der Waals surface area contributed by atoms with E-state index in [0.29, 0.717) is 47.5 Å². The molecule has 1 aromatic heterocycles. The van der Waals surface area contributed by atoms with E-state index in [1.807, 2.05) is 0 Å². The summed E-state index contributed by atoms with van der Waals surface area (Å²) >= 11 is 3.14. The van der Waals surface area contributed by atoms with E-state index < -0.39 is 17.8 Å². The third kappa shape index (κ3) is 6.61. The highest BCUT2D eigenvalue weighted by atomic mass is 79.9. The molecule has 0 atom stereocenters. The minimum absolute atomic E-state index is 0.0296. The minimum Gasteiger partial charge on any atom is -0.481 e. The van der Waals surface area contributed by atoms with Crippen molar-refractivity contribution in [1.82, 2.24) is 10.6 Å². The molecule has 0 spiro atoms. The maximum atomic E-state index is 12.7. The first kappa shape index (κ1) is 22.4. The number of rotatable bonds is 10. The first-order chi connectivity index (χ1) is 14.9. The second-order valence-corrected chi connectivity index (χ2v) is 7.47. The molecular weight excluding hydrogens is 472 g/mol. The van der Waals surface area contributed by atoms with Crippen LogP contribution < -0.4 is 20.1 Å². The number of halogens is 1. The van der Waals surface area contributed by atoms with Crippen LogP contribution in [0.2, 0.25) is 0 Å². The van der Waals surface area contributed by atoms with Crippen molar-refractivity contribution in [2.24, 2.45) is 0 Å². The van der Waals surface area contributed by atoms with E-state index in [-0.39, 0.29) is 24.7 Å². The molecule has 0 bridgehead atoms. The molecule has 3 N–H and O–H groups in total. The molecule has 1 aliphatic rings. The number of furan rings is 1. The number of benzene rings is 1. The smallest absolute Gasteiger partial charge is 0.303 e. The van der Waals surface area contributed by atoms with Gasteiger partial charge in [-0.2, -0.15) is 0 Å². The highest BCUT2D eigenvalue weighted by molar-refractivity contribution is 9.10. The first-order valence-corrected chi connectivity index (χ1v) is 10.4. The Morgan fingerprint density at radius 1 is 1.06 bits per heavy atom. The number of fused-ring (bicyclic) bond motifs is 1. The van der Waals surface area contributed by atoms with Crippen LogP contribution in [0.3, 0.4) is 0 Å². The number of unbranched alkanes of at least 4 members (excludes halogenated alkanes) is 2. The highest BCUT2D eigenvalue weighted by Gasteiger charge is 2.18. The third-order valence-corrected chi connectivity index (χ3v) is 4.78. The number of hydrogen-bond donors (Lipinski definition) is 3. The van der Waals surface area contributed by atoms with Crippen molar-refractivity contribution in [2.45, 2.75) is 25.7 Å². The normalized spacial score (nSPS) is 12.5. The van der Waals surface area contributed by atoms with Crippen LogP contribution in [0.4, 0.5) is 0 Å². The Labute approximate surface area is 186 Å². The average Bonchev–Trinajstić information content (AvgIpc) is 3.38. The molecule has 10 heteroatoms. The van der Waals surface area contributed by atoms with E-state index in [9.17, 15) is 14.4 Å². The lowest BCUT2D eigenvalue weighted by Crippen LogP contribution is -2.35. The SMILES string of the molecule is O=C(O)CCCCCNC(=O)/C(=C/c1ccc2c(c1)OCO2)NC(=O)c1ccc(Br)o1. The van der Waals surface area contributed by atoms with E-state index in [0.717, 1.165) is 0 Å². The summed E-state index contributed by atoms with van der Waals surface area (Å²) in [6.07, 6.45) is 3.45.